The molecule has 124 valence electrons. The number of anilines is 1. The van der Waals surface area contributed by atoms with Gasteiger partial charge in [-0.15, -0.1) is 11.3 Å². The van der Waals surface area contributed by atoms with E-state index in [4.69, 9.17) is 0 Å². The second-order valence-corrected chi connectivity index (χ2v) is 6.65. The van der Waals surface area contributed by atoms with E-state index in [9.17, 15) is 14.0 Å². The van der Waals surface area contributed by atoms with Crippen LogP contribution in [0, 0.1) is 12.8 Å². The second-order valence-electron chi connectivity index (χ2n) is 5.53. The lowest BCUT2D eigenvalue weighted by molar-refractivity contribution is -0.117. The van der Waals surface area contributed by atoms with E-state index < -0.39 is 12.1 Å². The van der Waals surface area contributed by atoms with Crippen LogP contribution in [0.25, 0.3) is 10.6 Å². The normalized spacial score (nSPS) is 18.6. The minimum Gasteiger partial charge on any atom is -0.357 e. The van der Waals surface area contributed by atoms with Crippen molar-refractivity contribution in [1.82, 2.24) is 9.97 Å². The van der Waals surface area contributed by atoms with Crippen molar-refractivity contribution in [2.45, 2.75) is 19.5 Å². The lowest BCUT2D eigenvalue weighted by Crippen LogP contribution is -2.15. The average molecular weight is 345 g/mol. The third kappa shape index (κ3) is 3.86. The summed E-state index contributed by atoms with van der Waals surface area (Å²) in [5.74, 6) is -0.617. The number of nitrogens with one attached hydrogen (secondary N) is 2. The number of aryl methyl sites for hydroxylation is 1. The first-order valence-corrected chi connectivity index (χ1v) is 8.29. The van der Waals surface area contributed by atoms with Crippen LogP contribution in [0.4, 0.5) is 10.2 Å². The summed E-state index contributed by atoms with van der Waals surface area (Å²) in [4.78, 5) is 31.7. The van der Waals surface area contributed by atoms with Crippen molar-refractivity contribution >= 4 is 29.3 Å². The number of halogens is 1. The van der Waals surface area contributed by atoms with E-state index in [-0.39, 0.29) is 12.3 Å². The van der Waals surface area contributed by atoms with Crippen molar-refractivity contribution in [3.05, 3.63) is 47.1 Å². The predicted molar refractivity (Wildman–Crippen MR) is 91.3 cm³/mol. The Bertz CT molecular complexity index is 829. The van der Waals surface area contributed by atoms with Gasteiger partial charge in [-0.25, -0.2) is 9.37 Å². The topological polar surface area (TPSA) is 74.8 Å². The summed E-state index contributed by atoms with van der Waals surface area (Å²) >= 11 is 1.36. The molecule has 0 radical (unpaired) electrons. The van der Waals surface area contributed by atoms with E-state index in [2.05, 4.69) is 15.3 Å². The van der Waals surface area contributed by atoms with E-state index in [1.165, 1.54) is 11.3 Å². The van der Waals surface area contributed by atoms with Gasteiger partial charge in [0.25, 0.3) is 0 Å². The number of nitrogens with zero attached hydrogens (tertiary/aromatic N) is 1. The lowest BCUT2D eigenvalue weighted by Gasteiger charge is -2.01. The minimum atomic E-state index is -1.05. The van der Waals surface area contributed by atoms with Crippen molar-refractivity contribution in [1.29, 1.82) is 0 Å². The maximum atomic E-state index is 13.0. The number of H-pyrrole nitrogens is 1. The van der Waals surface area contributed by atoms with Crippen LogP contribution < -0.4 is 5.32 Å². The molecule has 2 aromatic heterocycles. The van der Waals surface area contributed by atoms with Crippen LogP contribution in [0.15, 0.2) is 36.5 Å². The molecule has 5 nitrogen and oxygen atoms in total. The Kier molecular flexibility index (Phi) is 4.71. The molecule has 0 aromatic carbocycles. The number of amides is 1. The van der Waals surface area contributed by atoms with Gasteiger partial charge in [0.2, 0.25) is 5.91 Å². The number of hydrogen-bond acceptors (Lipinski definition) is 4. The average Bonchev–Trinajstić information content (AvgIpc) is 3.09. The van der Waals surface area contributed by atoms with E-state index in [0.29, 0.717) is 16.4 Å². The molecule has 0 saturated heterocycles. The summed E-state index contributed by atoms with van der Waals surface area (Å²) in [6.07, 6.45) is 1.58. The van der Waals surface area contributed by atoms with Crippen LogP contribution in [-0.4, -0.2) is 28.3 Å². The molecule has 0 bridgehead atoms. The van der Waals surface area contributed by atoms with E-state index in [1.54, 1.807) is 25.3 Å². The van der Waals surface area contributed by atoms with Gasteiger partial charge in [-0.2, -0.15) is 0 Å². The third-order valence-corrected chi connectivity index (χ3v) is 4.61. The van der Waals surface area contributed by atoms with Crippen LogP contribution in [0.5, 0.6) is 0 Å². The summed E-state index contributed by atoms with van der Waals surface area (Å²) in [6.45, 7) is 1.81. The Morgan fingerprint density at radius 3 is 2.88 bits per heavy atom. The van der Waals surface area contributed by atoms with Crippen LogP contribution in [0.2, 0.25) is 0 Å². The lowest BCUT2D eigenvalue weighted by atomic mass is 10.3. The molecule has 2 aromatic rings. The summed E-state index contributed by atoms with van der Waals surface area (Å²) in [5.41, 5.74) is 1.48. The van der Waals surface area contributed by atoms with Gasteiger partial charge in [0.1, 0.15) is 12.0 Å². The van der Waals surface area contributed by atoms with Crippen molar-refractivity contribution in [2.24, 2.45) is 5.92 Å². The largest absolute Gasteiger partial charge is 0.357 e. The van der Waals surface area contributed by atoms with Crippen molar-refractivity contribution in [3.63, 3.8) is 0 Å². The fourth-order valence-electron chi connectivity index (χ4n) is 2.17. The number of hydrogen-bond donors (Lipinski definition) is 2. The number of carbonyl (C=O) groups excluding carboxylic acids is 2. The highest BCUT2D eigenvalue weighted by Gasteiger charge is 2.43. The zero-order valence-electron chi connectivity index (χ0n) is 13.0. The zero-order chi connectivity index (χ0) is 17.1. The molecule has 7 heteroatoms. The van der Waals surface area contributed by atoms with Gasteiger partial charge >= 0.3 is 0 Å². The molecule has 2 atom stereocenters. The molecule has 1 fully saturated rings. The maximum Gasteiger partial charge on any atom is 0.231 e. The maximum absolute atomic E-state index is 13.0. The number of aldehydes is 1. The molecule has 1 amide bonds. The quantitative estimate of drug-likeness (QED) is 0.830. The summed E-state index contributed by atoms with van der Waals surface area (Å²) in [5, 5.41) is 2.64. The van der Waals surface area contributed by atoms with Crippen LogP contribution in [-0.2, 0) is 4.79 Å². The fourth-order valence-corrected chi connectivity index (χ4v) is 2.98. The van der Waals surface area contributed by atoms with Crippen LogP contribution in [0.3, 0.4) is 0 Å². The molecule has 1 aliphatic rings. The summed E-state index contributed by atoms with van der Waals surface area (Å²) in [6, 6.07) is 9.08. The third-order valence-electron chi connectivity index (χ3n) is 3.57. The number of aromatic nitrogens is 2. The SMILES string of the molecule is Cc1cccc(-c2ccc(C=O)s2)[nH]cc(NC(=O)[C@H]2C[C@@H]2F)n1. The standard InChI is InChI=1S/C17H16FN3O2S/c1-10-3-2-4-14(15-6-5-11(9-22)24-15)19-8-16(20-10)21-17(23)12-7-13(12)18/h2-6,8-9,12-13,19H,7H2,1H3,(H,21,23)/t12-,13-/m0/s1. The number of carbonyl (C=O) groups is 2. The Morgan fingerprint density at radius 2 is 2.21 bits per heavy atom. The van der Waals surface area contributed by atoms with E-state index >= 15 is 0 Å². The van der Waals surface area contributed by atoms with Gasteiger partial charge in [-0.1, -0.05) is 6.07 Å². The van der Waals surface area contributed by atoms with Crippen LogP contribution >= 0.6 is 11.3 Å². The van der Waals surface area contributed by atoms with Crippen molar-refractivity contribution in [2.75, 3.05) is 5.32 Å². The highest BCUT2D eigenvalue weighted by atomic mass is 32.1. The van der Waals surface area contributed by atoms with Gasteiger partial charge < -0.3 is 10.3 Å². The van der Waals surface area contributed by atoms with Gasteiger partial charge in [0, 0.05) is 11.9 Å². The van der Waals surface area contributed by atoms with Gasteiger partial charge in [0.15, 0.2) is 6.29 Å². The van der Waals surface area contributed by atoms with Gasteiger partial charge in [-0.3, -0.25) is 9.59 Å². The molecular formula is C17H16FN3O2S. The monoisotopic (exact) mass is 345 g/mol. The molecule has 1 aliphatic carbocycles. The number of aromatic amines is 1. The highest BCUT2D eigenvalue weighted by Crippen LogP contribution is 2.34. The first kappa shape index (κ1) is 16.3. The first-order valence-electron chi connectivity index (χ1n) is 7.47. The van der Waals surface area contributed by atoms with E-state index in [1.807, 2.05) is 18.2 Å². The predicted octanol–water partition coefficient (Wildman–Crippen LogP) is 3.68. The molecule has 3 rings (SSSR count). The van der Waals surface area contributed by atoms with Crippen LogP contribution in [0.1, 0.15) is 21.8 Å². The Morgan fingerprint density at radius 1 is 1.42 bits per heavy atom. The number of rotatable bonds is 4. The Labute approximate surface area is 142 Å². The molecule has 24 heavy (non-hydrogen) atoms. The Balaban J connectivity index is 1.94. The van der Waals surface area contributed by atoms with Gasteiger partial charge in [0.05, 0.1) is 21.4 Å². The number of thiophene rings is 1. The highest BCUT2D eigenvalue weighted by molar-refractivity contribution is 7.17. The molecular weight excluding hydrogens is 329 g/mol. The zero-order valence-corrected chi connectivity index (χ0v) is 13.8. The summed E-state index contributed by atoms with van der Waals surface area (Å²) in [7, 11) is 0. The first-order chi connectivity index (χ1) is 11.6. The van der Waals surface area contributed by atoms with E-state index in [0.717, 1.165) is 16.9 Å². The smallest absolute Gasteiger partial charge is 0.231 e. The second kappa shape index (κ2) is 6.92. The molecule has 0 aliphatic heterocycles. The Hall–Kier alpha value is -2.54. The summed E-state index contributed by atoms with van der Waals surface area (Å²) < 4.78 is 13.0. The van der Waals surface area contributed by atoms with Gasteiger partial charge in [-0.05, 0) is 37.6 Å². The molecule has 0 spiro atoms. The molecule has 2 N–H and O–H groups in total. The molecule has 2 heterocycles. The number of alkyl halides is 1. The van der Waals surface area contributed by atoms with Crippen molar-refractivity contribution < 1.29 is 14.0 Å². The molecule has 1 saturated carbocycles. The van der Waals surface area contributed by atoms with Crippen molar-refractivity contribution in [3.8, 4) is 10.6 Å². The fraction of sp³-hybridized carbons (Fsp3) is 0.235. The minimum absolute atomic E-state index is 0.268. The molecule has 0 unspecified atom stereocenters.